The normalized spacial score (nSPS) is 12.3. The number of hydrogen-bond acceptors (Lipinski definition) is 3. The van der Waals surface area contributed by atoms with Gasteiger partial charge in [0.05, 0.1) is 6.04 Å². The summed E-state index contributed by atoms with van der Waals surface area (Å²) in [5, 5.41) is 3.70. The van der Waals surface area contributed by atoms with Gasteiger partial charge in [-0.05, 0) is 51.1 Å². The van der Waals surface area contributed by atoms with Gasteiger partial charge in [0.25, 0.3) is 5.91 Å². The number of amides is 1. The summed E-state index contributed by atoms with van der Waals surface area (Å²) in [7, 11) is 0. The number of benzene rings is 1. The molecule has 0 spiro atoms. The quantitative estimate of drug-likeness (QED) is 0.661. The predicted molar refractivity (Wildman–Crippen MR) is 110 cm³/mol. The van der Waals surface area contributed by atoms with E-state index in [1.54, 1.807) is 6.92 Å². The summed E-state index contributed by atoms with van der Waals surface area (Å²) in [5.41, 5.74) is 3.43. The molecule has 0 fully saturated rings. The lowest BCUT2D eigenvalue weighted by Gasteiger charge is -2.30. The van der Waals surface area contributed by atoms with Crippen molar-refractivity contribution in [3.8, 4) is 0 Å². The van der Waals surface area contributed by atoms with Crippen molar-refractivity contribution in [2.45, 2.75) is 40.7 Å². The van der Waals surface area contributed by atoms with Gasteiger partial charge in [-0.3, -0.25) is 14.5 Å². The fourth-order valence-electron chi connectivity index (χ4n) is 3.63. The molecule has 1 atom stereocenters. The molecule has 0 radical (unpaired) electrons. The van der Waals surface area contributed by atoms with Gasteiger partial charge in [-0.25, -0.2) is 0 Å². The first kappa shape index (κ1) is 21.2. The average Bonchev–Trinajstić information content (AvgIpc) is 2.93. The van der Waals surface area contributed by atoms with Gasteiger partial charge in [-0.2, -0.15) is 0 Å². The number of Topliss-reactive ketones (excluding diaryl/α,β-unsaturated/α-hetero) is 1. The van der Waals surface area contributed by atoms with Crippen LogP contribution in [0.25, 0.3) is 0 Å². The topological polar surface area (TPSA) is 65.2 Å². The maximum Gasteiger partial charge on any atom is 0.268 e. The molecule has 1 heterocycles. The van der Waals surface area contributed by atoms with Crippen molar-refractivity contribution in [1.29, 1.82) is 0 Å². The van der Waals surface area contributed by atoms with E-state index >= 15 is 0 Å². The van der Waals surface area contributed by atoms with Crippen LogP contribution in [0.2, 0.25) is 5.02 Å². The minimum Gasteiger partial charge on any atom is -0.354 e. The molecule has 2 aromatic rings. The van der Waals surface area contributed by atoms with Crippen LogP contribution in [0.15, 0.2) is 24.3 Å². The van der Waals surface area contributed by atoms with Gasteiger partial charge >= 0.3 is 0 Å². The molecule has 0 saturated carbocycles. The molecule has 0 aliphatic heterocycles. The van der Waals surface area contributed by atoms with Gasteiger partial charge in [-0.1, -0.05) is 43.6 Å². The number of nitrogens with one attached hydrogen (secondary N) is 2. The van der Waals surface area contributed by atoms with Crippen molar-refractivity contribution in [2.24, 2.45) is 0 Å². The van der Waals surface area contributed by atoms with E-state index in [0.717, 1.165) is 24.3 Å². The molecule has 1 unspecified atom stereocenters. The Kier molecular flexibility index (Phi) is 7.22. The number of carbonyl (C=O) groups excluding carboxylic acids is 2. The molecule has 0 aliphatic carbocycles. The maximum absolute atomic E-state index is 12.8. The molecule has 2 rings (SSSR count). The first-order chi connectivity index (χ1) is 12.8. The molecule has 0 aliphatic rings. The van der Waals surface area contributed by atoms with Crippen LogP contribution in [0.3, 0.4) is 0 Å². The third-order valence-corrected chi connectivity index (χ3v) is 5.33. The van der Waals surface area contributed by atoms with Crippen molar-refractivity contribution in [2.75, 3.05) is 19.6 Å². The van der Waals surface area contributed by atoms with E-state index in [1.165, 1.54) is 6.92 Å². The highest BCUT2D eigenvalue weighted by Crippen LogP contribution is 2.27. The van der Waals surface area contributed by atoms with Crippen LogP contribution >= 0.6 is 11.6 Å². The molecule has 27 heavy (non-hydrogen) atoms. The van der Waals surface area contributed by atoms with Gasteiger partial charge in [0, 0.05) is 22.8 Å². The summed E-state index contributed by atoms with van der Waals surface area (Å²) in [5.74, 6) is -0.260. The van der Waals surface area contributed by atoms with Crippen molar-refractivity contribution in [3.63, 3.8) is 0 Å². The number of H-pyrrole nitrogens is 1. The van der Waals surface area contributed by atoms with E-state index < -0.39 is 0 Å². The Labute approximate surface area is 166 Å². The number of halogens is 1. The Hall–Kier alpha value is -2.11. The van der Waals surface area contributed by atoms with Gasteiger partial charge in [0.2, 0.25) is 0 Å². The number of hydrogen-bond donors (Lipinski definition) is 2. The minimum atomic E-state index is -0.215. The Morgan fingerprint density at radius 2 is 1.81 bits per heavy atom. The molecule has 2 N–H and O–H groups in total. The third kappa shape index (κ3) is 4.60. The number of rotatable bonds is 8. The maximum atomic E-state index is 12.8. The average molecular weight is 390 g/mol. The van der Waals surface area contributed by atoms with Crippen LogP contribution in [0.5, 0.6) is 0 Å². The second kappa shape index (κ2) is 9.20. The third-order valence-electron chi connectivity index (χ3n) is 4.99. The fraction of sp³-hybridized carbons (Fsp3) is 0.429. The summed E-state index contributed by atoms with van der Waals surface area (Å²) in [6, 6.07) is 7.69. The van der Waals surface area contributed by atoms with Gasteiger partial charge in [-0.15, -0.1) is 0 Å². The standard InChI is InChI=1S/C21H28ClN3O2/c1-6-25(7-2)18(16-10-8-9-11-17(16)22)12-23-21(27)20-13(3)19(15(5)26)14(4)24-20/h8-11,18,24H,6-7,12H2,1-5H3,(H,23,27). The first-order valence-electron chi connectivity index (χ1n) is 9.28. The molecular formula is C21H28ClN3O2. The summed E-state index contributed by atoms with van der Waals surface area (Å²) >= 11 is 6.41. The molecule has 6 heteroatoms. The predicted octanol–water partition coefficient (Wildman–Crippen LogP) is 4.30. The number of aryl methyl sites for hydroxylation is 1. The van der Waals surface area contributed by atoms with E-state index in [9.17, 15) is 9.59 Å². The van der Waals surface area contributed by atoms with Crippen LogP contribution in [-0.4, -0.2) is 41.2 Å². The molecule has 0 bridgehead atoms. The SMILES string of the molecule is CCN(CC)C(CNC(=O)c1[nH]c(C)c(C(C)=O)c1C)c1ccccc1Cl. The number of likely N-dealkylation sites (N-methyl/N-ethyl adjacent to an activating group) is 1. The van der Waals surface area contributed by atoms with Crippen LogP contribution in [0.4, 0.5) is 0 Å². The number of carbonyl (C=O) groups is 2. The number of nitrogens with zero attached hydrogens (tertiary/aromatic N) is 1. The Morgan fingerprint density at radius 3 is 2.33 bits per heavy atom. The fourth-order valence-corrected chi connectivity index (χ4v) is 3.89. The zero-order chi connectivity index (χ0) is 20.1. The summed E-state index contributed by atoms with van der Waals surface area (Å²) in [6.45, 7) is 11.4. The lowest BCUT2D eigenvalue weighted by molar-refractivity contribution is 0.0929. The zero-order valence-corrected chi connectivity index (χ0v) is 17.4. The van der Waals surface area contributed by atoms with E-state index in [1.807, 2.05) is 31.2 Å². The van der Waals surface area contributed by atoms with Crippen LogP contribution < -0.4 is 5.32 Å². The highest BCUT2D eigenvalue weighted by molar-refractivity contribution is 6.31. The minimum absolute atomic E-state index is 0.0266. The lowest BCUT2D eigenvalue weighted by atomic mass is 10.0. The molecule has 1 aromatic carbocycles. The number of ketones is 1. The highest BCUT2D eigenvalue weighted by Gasteiger charge is 2.24. The van der Waals surface area contributed by atoms with Crippen LogP contribution in [0.1, 0.15) is 64.5 Å². The second-order valence-electron chi connectivity index (χ2n) is 6.65. The van der Waals surface area contributed by atoms with Gasteiger partial charge < -0.3 is 10.3 Å². The van der Waals surface area contributed by atoms with Crippen LogP contribution in [-0.2, 0) is 0 Å². The second-order valence-corrected chi connectivity index (χ2v) is 7.06. The van der Waals surface area contributed by atoms with Gasteiger partial charge in [0.1, 0.15) is 5.69 Å². The molecular weight excluding hydrogens is 362 g/mol. The van der Waals surface area contributed by atoms with E-state index in [2.05, 4.69) is 29.0 Å². The Balaban J connectivity index is 2.25. The van der Waals surface area contributed by atoms with Crippen molar-refractivity contribution in [1.82, 2.24) is 15.2 Å². The first-order valence-corrected chi connectivity index (χ1v) is 9.66. The summed E-state index contributed by atoms with van der Waals surface area (Å²) in [6.07, 6.45) is 0. The van der Waals surface area contributed by atoms with E-state index in [4.69, 9.17) is 11.6 Å². The smallest absolute Gasteiger partial charge is 0.268 e. The molecule has 0 saturated heterocycles. The molecule has 1 aromatic heterocycles. The summed E-state index contributed by atoms with van der Waals surface area (Å²) < 4.78 is 0. The van der Waals surface area contributed by atoms with Gasteiger partial charge in [0.15, 0.2) is 5.78 Å². The van der Waals surface area contributed by atoms with Crippen molar-refractivity contribution < 1.29 is 9.59 Å². The highest BCUT2D eigenvalue weighted by atomic mass is 35.5. The van der Waals surface area contributed by atoms with Crippen LogP contribution in [0, 0.1) is 13.8 Å². The molecule has 5 nitrogen and oxygen atoms in total. The van der Waals surface area contributed by atoms with Crippen molar-refractivity contribution >= 4 is 23.3 Å². The molecule has 146 valence electrons. The molecule has 1 amide bonds. The summed E-state index contributed by atoms with van der Waals surface area (Å²) in [4.78, 5) is 29.9. The largest absolute Gasteiger partial charge is 0.354 e. The monoisotopic (exact) mass is 389 g/mol. The van der Waals surface area contributed by atoms with E-state index in [-0.39, 0.29) is 17.7 Å². The van der Waals surface area contributed by atoms with Crippen molar-refractivity contribution in [3.05, 3.63) is 57.4 Å². The number of aromatic nitrogens is 1. The van der Waals surface area contributed by atoms with E-state index in [0.29, 0.717) is 28.4 Å². The lowest BCUT2D eigenvalue weighted by Crippen LogP contribution is -2.38. The Bertz CT molecular complexity index is 825. The Morgan fingerprint density at radius 1 is 1.19 bits per heavy atom. The number of aromatic amines is 1. The zero-order valence-electron chi connectivity index (χ0n) is 16.6.